The molecule has 1 aromatic rings. The molecule has 0 bridgehead atoms. The maximum Gasteiger partial charge on any atom is 0.389 e. The van der Waals surface area contributed by atoms with Gasteiger partial charge in [-0.2, -0.15) is 13.2 Å². The van der Waals surface area contributed by atoms with Crippen molar-refractivity contribution in [3.05, 3.63) is 29.0 Å². The summed E-state index contributed by atoms with van der Waals surface area (Å²) >= 11 is 5.92. The number of nitrogens with one attached hydrogen (secondary N) is 1. The van der Waals surface area contributed by atoms with Crippen LogP contribution >= 0.6 is 11.6 Å². The minimum atomic E-state index is -4.15. The van der Waals surface area contributed by atoms with Crippen molar-refractivity contribution in [1.29, 1.82) is 0 Å². The van der Waals surface area contributed by atoms with Gasteiger partial charge in [0.25, 0.3) is 0 Å². The first-order chi connectivity index (χ1) is 7.94. The van der Waals surface area contributed by atoms with Crippen LogP contribution in [0.2, 0.25) is 5.02 Å². The lowest BCUT2D eigenvalue weighted by molar-refractivity contribution is -0.136. The first-order valence-corrected chi connectivity index (χ1v) is 5.71. The molecule has 1 N–H and O–H groups in total. The lowest BCUT2D eigenvalue weighted by Crippen LogP contribution is -2.23. The minimum Gasteiger partial charge on any atom is -0.310 e. The predicted molar refractivity (Wildman–Crippen MR) is 61.0 cm³/mol. The second-order valence-corrected chi connectivity index (χ2v) is 4.07. The summed E-state index contributed by atoms with van der Waals surface area (Å²) in [6.07, 6.45) is -2.04. The van der Waals surface area contributed by atoms with Gasteiger partial charge in [0.05, 0.1) is 5.02 Å². The van der Waals surface area contributed by atoms with Crippen molar-refractivity contribution in [2.75, 3.05) is 6.54 Å². The van der Waals surface area contributed by atoms with E-state index in [9.17, 15) is 13.2 Å². The zero-order valence-electron chi connectivity index (χ0n) is 9.39. The number of halogens is 4. The average molecular weight is 267 g/mol. The fraction of sp³-hybridized carbons (Fsp3) is 0.545. The highest BCUT2D eigenvalue weighted by Crippen LogP contribution is 2.30. The van der Waals surface area contributed by atoms with Crippen molar-refractivity contribution < 1.29 is 13.2 Å². The average Bonchev–Trinajstić information content (AvgIpc) is 2.24. The van der Waals surface area contributed by atoms with Gasteiger partial charge in [-0.3, -0.25) is 4.98 Å². The minimum absolute atomic E-state index is 0.0267. The van der Waals surface area contributed by atoms with Crippen LogP contribution in [-0.2, 0) is 0 Å². The molecule has 1 atom stereocenters. The maximum absolute atomic E-state index is 12.2. The van der Waals surface area contributed by atoms with Gasteiger partial charge in [0.15, 0.2) is 0 Å². The molecule has 0 radical (unpaired) electrons. The van der Waals surface area contributed by atoms with E-state index in [0.717, 1.165) is 0 Å². The Bertz CT molecular complexity index is 355. The molecule has 96 valence electrons. The van der Waals surface area contributed by atoms with Crippen molar-refractivity contribution in [1.82, 2.24) is 10.3 Å². The van der Waals surface area contributed by atoms with E-state index in [-0.39, 0.29) is 6.42 Å². The SMILES string of the molecule is CCNC(CCC(F)(F)F)c1ccncc1Cl. The molecule has 0 aliphatic carbocycles. The van der Waals surface area contributed by atoms with Crippen molar-refractivity contribution in [3.8, 4) is 0 Å². The standard InChI is InChI=1S/C11H14ClF3N2/c1-2-17-10(3-5-11(13,14)15)8-4-6-16-7-9(8)12/h4,6-7,10,17H,2-3,5H2,1H3. The molecule has 1 aromatic heterocycles. The summed E-state index contributed by atoms with van der Waals surface area (Å²) < 4.78 is 36.6. The van der Waals surface area contributed by atoms with Gasteiger partial charge in [0, 0.05) is 24.9 Å². The Balaban J connectivity index is 2.75. The third-order valence-electron chi connectivity index (χ3n) is 2.35. The molecular weight excluding hydrogens is 253 g/mol. The fourth-order valence-corrected chi connectivity index (χ4v) is 1.84. The topological polar surface area (TPSA) is 24.9 Å². The number of pyridine rings is 1. The molecule has 0 aliphatic heterocycles. The normalized spacial score (nSPS) is 13.7. The Labute approximate surface area is 103 Å². The van der Waals surface area contributed by atoms with Gasteiger partial charge in [0.1, 0.15) is 0 Å². The van der Waals surface area contributed by atoms with E-state index in [1.54, 1.807) is 6.07 Å². The van der Waals surface area contributed by atoms with Gasteiger partial charge < -0.3 is 5.32 Å². The van der Waals surface area contributed by atoms with Crippen molar-refractivity contribution in [2.24, 2.45) is 0 Å². The zero-order valence-corrected chi connectivity index (χ0v) is 10.1. The zero-order chi connectivity index (χ0) is 12.9. The Hall–Kier alpha value is -0.810. The van der Waals surface area contributed by atoms with E-state index in [2.05, 4.69) is 10.3 Å². The van der Waals surface area contributed by atoms with Crippen molar-refractivity contribution >= 4 is 11.6 Å². The maximum atomic E-state index is 12.2. The lowest BCUT2D eigenvalue weighted by atomic mass is 10.0. The highest BCUT2D eigenvalue weighted by Gasteiger charge is 2.29. The molecule has 0 saturated heterocycles. The van der Waals surface area contributed by atoms with Gasteiger partial charge in [-0.15, -0.1) is 0 Å². The van der Waals surface area contributed by atoms with Crippen LogP contribution in [-0.4, -0.2) is 17.7 Å². The molecule has 0 saturated carbocycles. The summed E-state index contributed by atoms with van der Waals surface area (Å²) in [6.45, 7) is 2.43. The Morgan fingerprint density at radius 2 is 2.18 bits per heavy atom. The molecular formula is C11H14ClF3N2. The molecule has 1 rings (SSSR count). The number of rotatable bonds is 5. The quantitative estimate of drug-likeness (QED) is 0.878. The second kappa shape index (κ2) is 6.21. The Morgan fingerprint density at radius 3 is 2.71 bits per heavy atom. The van der Waals surface area contributed by atoms with Crippen LogP contribution in [0.25, 0.3) is 0 Å². The van der Waals surface area contributed by atoms with Crippen LogP contribution in [0.1, 0.15) is 31.4 Å². The van der Waals surface area contributed by atoms with Crippen LogP contribution in [0.4, 0.5) is 13.2 Å². The number of hydrogen-bond donors (Lipinski definition) is 1. The van der Waals surface area contributed by atoms with Crippen LogP contribution in [0.5, 0.6) is 0 Å². The number of hydrogen-bond acceptors (Lipinski definition) is 2. The lowest BCUT2D eigenvalue weighted by Gasteiger charge is -2.20. The number of aromatic nitrogens is 1. The summed E-state index contributed by atoms with van der Waals surface area (Å²) in [5, 5.41) is 3.39. The molecule has 0 aliphatic rings. The van der Waals surface area contributed by atoms with Gasteiger partial charge >= 0.3 is 6.18 Å². The molecule has 1 heterocycles. The highest BCUT2D eigenvalue weighted by molar-refractivity contribution is 6.31. The summed E-state index contributed by atoms with van der Waals surface area (Å²) in [4.78, 5) is 3.81. The van der Waals surface area contributed by atoms with Crippen LogP contribution < -0.4 is 5.32 Å². The molecule has 0 amide bonds. The van der Waals surface area contributed by atoms with Crippen molar-refractivity contribution in [2.45, 2.75) is 32.0 Å². The van der Waals surface area contributed by atoms with E-state index in [0.29, 0.717) is 17.1 Å². The van der Waals surface area contributed by atoms with Crippen LogP contribution in [0.15, 0.2) is 18.5 Å². The highest BCUT2D eigenvalue weighted by atomic mass is 35.5. The molecule has 0 spiro atoms. The fourth-order valence-electron chi connectivity index (χ4n) is 1.59. The molecule has 0 fully saturated rings. The Morgan fingerprint density at radius 1 is 1.47 bits per heavy atom. The molecule has 0 aromatic carbocycles. The third kappa shape index (κ3) is 4.91. The van der Waals surface area contributed by atoms with Gasteiger partial charge in [-0.25, -0.2) is 0 Å². The summed E-state index contributed by atoms with van der Waals surface area (Å²) in [6, 6.07) is 1.25. The smallest absolute Gasteiger partial charge is 0.310 e. The van der Waals surface area contributed by atoms with E-state index < -0.39 is 18.6 Å². The Kier molecular flexibility index (Phi) is 5.21. The van der Waals surface area contributed by atoms with E-state index in [1.807, 2.05) is 6.92 Å². The second-order valence-electron chi connectivity index (χ2n) is 3.66. The largest absolute Gasteiger partial charge is 0.389 e. The van der Waals surface area contributed by atoms with Gasteiger partial charge in [0.2, 0.25) is 0 Å². The number of alkyl halides is 3. The van der Waals surface area contributed by atoms with Crippen LogP contribution in [0.3, 0.4) is 0 Å². The third-order valence-corrected chi connectivity index (χ3v) is 2.66. The molecule has 2 nitrogen and oxygen atoms in total. The first kappa shape index (κ1) is 14.3. The number of nitrogens with zero attached hydrogens (tertiary/aromatic N) is 1. The predicted octanol–water partition coefficient (Wildman–Crippen LogP) is 3.73. The molecule has 1 unspecified atom stereocenters. The summed E-state index contributed by atoms with van der Waals surface area (Å²) in [7, 11) is 0. The van der Waals surface area contributed by atoms with Gasteiger partial charge in [-0.05, 0) is 24.6 Å². The van der Waals surface area contributed by atoms with E-state index in [1.165, 1.54) is 12.4 Å². The van der Waals surface area contributed by atoms with E-state index in [4.69, 9.17) is 11.6 Å². The molecule has 6 heteroatoms. The monoisotopic (exact) mass is 266 g/mol. The van der Waals surface area contributed by atoms with Gasteiger partial charge in [-0.1, -0.05) is 18.5 Å². The van der Waals surface area contributed by atoms with Crippen LogP contribution in [0, 0.1) is 0 Å². The first-order valence-electron chi connectivity index (χ1n) is 5.33. The van der Waals surface area contributed by atoms with Crippen molar-refractivity contribution in [3.63, 3.8) is 0 Å². The molecule has 17 heavy (non-hydrogen) atoms. The summed E-state index contributed by atoms with van der Waals surface area (Å²) in [5.74, 6) is 0. The van der Waals surface area contributed by atoms with E-state index >= 15 is 0 Å². The summed E-state index contributed by atoms with van der Waals surface area (Å²) in [5.41, 5.74) is 0.660.